The summed E-state index contributed by atoms with van der Waals surface area (Å²) >= 11 is 5.86. The second kappa shape index (κ2) is 6.72. The molecule has 0 aromatic heterocycles. The summed E-state index contributed by atoms with van der Waals surface area (Å²) in [5.41, 5.74) is 1.07. The van der Waals surface area contributed by atoms with Crippen molar-refractivity contribution in [1.29, 1.82) is 0 Å². The van der Waals surface area contributed by atoms with Crippen LogP contribution in [0.2, 0.25) is 5.02 Å². The molecule has 0 aliphatic carbocycles. The lowest BCUT2D eigenvalue weighted by Gasteiger charge is -2.18. The van der Waals surface area contributed by atoms with Crippen LogP contribution in [0.1, 0.15) is 17.9 Å². The average molecular weight is 297 g/mol. The number of carboxylic acids is 1. The Morgan fingerprint density at radius 2 is 2.00 bits per heavy atom. The standard InChI is InChI=1S/C14H17ClN2O3/c15-10-3-1-9(2-4-10)11-7-16-8-12(11)14(20)17-6-5-13(18)19/h1-4,11-12,16H,5-8H2,(H,17,20)(H,18,19)/t11-,12+/m0/s1. The molecule has 5 nitrogen and oxygen atoms in total. The molecule has 108 valence electrons. The van der Waals surface area contributed by atoms with E-state index in [0.717, 1.165) is 12.1 Å². The molecular formula is C14H17ClN2O3. The molecule has 20 heavy (non-hydrogen) atoms. The molecule has 0 bridgehead atoms. The summed E-state index contributed by atoms with van der Waals surface area (Å²) in [6, 6.07) is 7.48. The maximum absolute atomic E-state index is 12.1. The van der Waals surface area contributed by atoms with Crippen LogP contribution in [0.3, 0.4) is 0 Å². The first-order valence-electron chi connectivity index (χ1n) is 6.53. The summed E-state index contributed by atoms with van der Waals surface area (Å²) < 4.78 is 0. The Bertz CT molecular complexity index is 490. The van der Waals surface area contributed by atoms with Crippen molar-refractivity contribution in [3.63, 3.8) is 0 Å². The SMILES string of the molecule is O=C(O)CCNC(=O)[C@@H]1CNC[C@H]1c1ccc(Cl)cc1. The fourth-order valence-electron chi connectivity index (χ4n) is 2.44. The molecule has 1 aliphatic rings. The molecule has 2 rings (SSSR count). The molecular weight excluding hydrogens is 280 g/mol. The largest absolute Gasteiger partial charge is 0.481 e. The highest BCUT2D eigenvalue weighted by Crippen LogP contribution is 2.29. The minimum Gasteiger partial charge on any atom is -0.481 e. The number of carboxylic acid groups (broad SMARTS) is 1. The third kappa shape index (κ3) is 3.71. The van der Waals surface area contributed by atoms with Gasteiger partial charge in [0.2, 0.25) is 5.91 Å². The van der Waals surface area contributed by atoms with Crippen molar-refractivity contribution in [3.8, 4) is 0 Å². The van der Waals surface area contributed by atoms with Crippen molar-refractivity contribution in [2.24, 2.45) is 5.92 Å². The van der Waals surface area contributed by atoms with E-state index in [-0.39, 0.29) is 30.7 Å². The second-order valence-electron chi connectivity index (χ2n) is 4.86. The minimum atomic E-state index is -0.913. The number of rotatable bonds is 5. The maximum atomic E-state index is 12.1. The fraction of sp³-hybridized carbons (Fsp3) is 0.429. The molecule has 2 atom stereocenters. The van der Waals surface area contributed by atoms with Crippen molar-refractivity contribution < 1.29 is 14.7 Å². The van der Waals surface area contributed by atoms with Gasteiger partial charge >= 0.3 is 5.97 Å². The first kappa shape index (κ1) is 14.8. The van der Waals surface area contributed by atoms with E-state index in [9.17, 15) is 9.59 Å². The van der Waals surface area contributed by atoms with Gasteiger partial charge in [-0.2, -0.15) is 0 Å². The van der Waals surface area contributed by atoms with Gasteiger partial charge in [-0.3, -0.25) is 9.59 Å². The Balaban J connectivity index is 1.98. The van der Waals surface area contributed by atoms with E-state index < -0.39 is 5.97 Å². The minimum absolute atomic E-state index is 0.0580. The van der Waals surface area contributed by atoms with Gasteiger partial charge in [0.1, 0.15) is 0 Å². The molecule has 0 saturated carbocycles. The zero-order chi connectivity index (χ0) is 14.5. The number of hydrogen-bond acceptors (Lipinski definition) is 3. The lowest BCUT2D eigenvalue weighted by atomic mass is 9.88. The molecule has 1 aromatic rings. The second-order valence-corrected chi connectivity index (χ2v) is 5.29. The molecule has 3 N–H and O–H groups in total. The van der Waals surface area contributed by atoms with Crippen molar-refractivity contribution in [3.05, 3.63) is 34.9 Å². The predicted molar refractivity (Wildman–Crippen MR) is 75.8 cm³/mol. The Morgan fingerprint density at radius 1 is 1.30 bits per heavy atom. The molecule has 1 aliphatic heterocycles. The van der Waals surface area contributed by atoms with Crippen LogP contribution in [-0.2, 0) is 9.59 Å². The Labute approximate surface area is 122 Å². The van der Waals surface area contributed by atoms with Crippen LogP contribution in [0.5, 0.6) is 0 Å². The van der Waals surface area contributed by atoms with Gasteiger partial charge in [-0.1, -0.05) is 23.7 Å². The van der Waals surface area contributed by atoms with Crippen LogP contribution >= 0.6 is 11.6 Å². The smallest absolute Gasteiger partial charge is 0.305 e. The van der Waals surface area contributed by atoms with Gasteiger partial charge in [-0.05, 0) is 17.7 Å². The van der Waals surface area contributed by atoms with Crippen molar-refractivity contribution in [1.82, 2.24) is 10.6 Å². The number of carbonyl (C=O) groups excluding carboxylic acids is 1. The van der Waals surface area contributed by atoms with Crippen molar-refractivity contribution in [2.45, 2.75) is 12.3 Å². The zero-order valence-corrected chi connectivity index (χ0v) is 11.7. The highest BCUT2D eigenvalue weighted by Gasteiger charge is 2.33. The Hall–Kier alpha value is -1.59. The van der Waals surface area contributed by atoms with Gasteiger partial charge in [0.25, 0.3) is 0 Å². The van der Waals surface area contributed by atoms with Crippen LogP contribution in [0.4, 0.5) is 0 Å². The predicted octanol–water partition coefficient (Wildman–Crippen LogP) is 1.23. The lowest BCUT2D eigenvalue weighted by molar-refractivity contribution is -0.137. The normalized spacial score (nSPS) is 21.6. The highest BCUT2D eigenvalue weighted by atomic mass is 35.5. The van der Waals surface area contributed by atoms with Crippen LogP contribution in [0.15, 0.2) is 24.3 Å². The maximum Gasteiger partial charge on any atom is 0.305 e. The number of amides is 1. The van der Waals surface area contributed by atoms with Crippen molar-refractivity contribution >= 4 is 23.5 Å². The van der Waals surface area contributed by atoms with E-state index in [1.807, 2.05) is 24.3 Å². The average Bonchev–Trinajstić information content (AvgIpc) is 2.88. The van der Waals surface area contributed by atoms with Crippen LogP contribution in [0, 0.1) is 5.92 Å². The molecule has 0 spiro atoms. The Morgan fingerprint density at radius 3 is 2.65 bits per heavy atom. The van der Waals surface area contributed by atoms with Crippen LogP contribution in [0.25, 0.3) is 0 Å². The molecule has 1 saturated heterocycles. The first-order chi connectivity index (χ1) is 9.58. The van der Waals surface area contributed by atoms with E-state index in [1.165, 1.54) is 0 Å². The molecule has 1 fully saturated rings. The summed E-state index contributed by atoms with van der Waals surface area (Å²) in [6.07, 6.45) is -0.0580. The summed E-state index contributed by atoms with van der Waals surface area (Å²) in [5.74, 6) is -1.10. The fourth-order valence-corrected chi connectivity index (χ4v) is 2.56. The quantitative estimate of drug-likeness (QED) is 0.764. The molecule has 1 amide bonds. The van der Waals surface area contributed by atoms with Gasteiger partial charge < -0.3 is 15.7 Å². The van der Waals surface area contributed by atoms with Crippen LogP contribution < -0.4 is 10.6 Å². The Kier molecular flexibility index (Phi) is 4.98. The highest BCUT2D eigenvalue weighted by molar-refractivity contribution is 6.30. The third-order valence-electron chi connectivity index (χ3n) is 3.49. The van der Waals surface area contributed by atoms with E-state index in [0.29, 0.717) is 11.6 Å². The number of aliphatic carboxylic acids is 1. The number of carbonyl (C=O) groups is 2. The number of benzene rings is 1. The van der Waals surface area contributed by atoms with Gasteiger partial charge in [-0.25, -0.2) is 0 Å². The molecule has 1 aromatic carbocycles. The number of nitrogens with one attached hydrogen (secondary N) is 2. The van der Waals surface area contributed by atoms with Gasteiger partial charge in [0.05, 0.1) is 12.3 Å². The topological polar surface area (TPSA) is 78.4 Å². The van der Waals surface area contributed by atoms with E-state index in [4.69, 9.17) is 16.7 Å². The molecule has 0 radical (unpaired) electrons. The van der Waals surface area contributed by atoms with E-state index >= 15 is 0 Å². The van der Waals surface area contributed by atoms with Gasteiger partial charge in [-0.15, -0.1) is 0 Å². The van der Waals surface area contributed by atoms with Gasteiger partial charge in [0.15, 0.2) is 0 Å². The third-order valence-corrected chi connectivity index (χ3v) is 3.74. The van der Waals surface area contributed by atoms with Crippen LogP contribution in [-0.4, -0.2) is 36.6 Å². The van der Waals surface area contributed by atoms with E-state index in [1.54, 1.807) is 0 Å². The lowest BCUT2D eigenvalue weighted by Crippen LogP contribution is -2.35. The monoisotopic (exact) mass is 296 g/mol. The molecule has 6 heteroatoms. The first-order valence-corrected chi connectivity index (χ1v) is 6.91. The zero-order valence-electron chi connectivity index (χ0n) is 10.9. The molecule has 0 unspecified atom stereocenters. The summed E-state index contributed by atoms with van der Waals surface area (Å²) in [7, 11) is 0. The number of halogens is 1. The summed E-state index contributed by atoms with van der Waals surface area (Å²) in [6.45, 7) is 1.50. The molecule has 1 heterocycles. The summed E-state index contributed by atoms with van der Waals surface area (Å²) in [4.78, 5) is 22.6. The van der Waals surface area contributed by atoms with Gasteiger partial charge in [0, 0.05) is 30.6 Å². The summed E-state index contributed by atoms with van der Waals surface area (Å²) in [5, 5.41) is 15.1. The van der Waals surface area contributed by atoms with Crippen molar-refractivity contribution in [2.75, 3.05) is 19.6 Å². The number of hydrogen-bond donors (Lipinski definition) is 3. The van der Waals surface area contributed by atoms with E-state index in [2.05, 4.69) is 10.6 Å².